The van der Waals surface area contributed by atoms with Crippen molar-refractivity contribution in [2.45, 2.75) is 45.6 Å². The first-order chi connectivity index (χ1) is 5.92. The first-order valence-electron chi connectivity index (χ1n) is 4.91. The summed E-state index contributed by atoms with van der Waals surface area (Å²) in [6, 6.07) is -0.656. The van der Waals surface area contributed by atoms with Gasteiger partial charge in [-0.1, -0.05) is 13.8 Å². The molecule has 0 saturated heterocycles. The van der Waals surface area contributed by atoms with Crippen LogP contribution in [0.4, 0.5) is 0 Å². The Morgan fingerprint density at radius 2 is 1.92 bits per heavy atom. The van der Waals surface area contributed by atoms with E-state index in [1.165, 1.54) is 0 Å². The van der Waals surface area contributed by atoms with E-state index >= 15 is 0 Å². The Balaban J connectivity index is 2.45. The summed E-state index contributed by atoms with van der Waals surface area (Å²) in [5.74, 6) is -0.671. The molecule has 76 valence electrons. The first kappa shape index (κ1) is 10.5. The molecule has 1 saturated carbocycles. The number of carboxylic acids is 1. The maximum absolute atomic E-state index is 10.6. The molecule has 1 aliphatic rings. The van der Waals surface area contributed by atoms with E-state index in [1.54, 1.807) is 0 Å². The van der Waals surface area contributed by atoms with Crippen molar-refractivity contribution < 1.29 is 9.90 Å². The molecule has 0 amide bonds. The van der Waals surface area contributed by atoms with Gasteiger partial charge in [0.05, 0.1) is 0 Å². The van der Waals surface area contributed by atoms with Gasteiger partial charge in [0.25, 0.3) is 0 Å². The second-order valence-corrected chi connectivity index (χ2v) is 4.87. The fraction of sp³-hybridized carbons (Fsp3) is 0.900. The molecule has 0 aromatic heterocycles. The monoisotopic (exact) mass is 185 g/mol. The molecule has 0 bridgehead atoms. The van der Waals surface area contributed by atoms with Crippen LogP contribution in [-0.4, -0.2) is 17.1 Å². The molecule has 0 aromatic carbocycles. The van der Waals surface area contributed by atoms with Crippen LogP contribution in [0.1, 0.15) is 39.5 Å². The van der Waals surface area contributed by atoms with E-state index in [1.807, 2.05) is 0 Å². The maximum atomic E-state index is 10.6. The predicted molar refractivity (Wildman–Crippen MR) is 51.4 cm³/mol. The van der Waals surface area contributed by atoms with Crippen molar-refractivity contribution in [3.05, 3.63) is 0 Å². The van der Waals surface area contributed by atoms with Crippen molar-refractivity contribution in [2.75, 3.05) is 0 Å². The molecule has 0 spiro atoms. The van der Waals surface area contributed by atoms with Crippen LogP contribution < -0.4 is 5.73 Å². The number of nitrogens with two attached hydrogens (primary N) is 1. The van der Waals surface area contributed by atoms with E-state index < -0.39 is 12.0 Å². The molecule has 1 atom stereocenters. The standard InChI is InChI=1S/C10H19NO2/c1-10(2)5-3-7(4-6-10)8(11)9(12)13/h7-8H,3-6,11H2,1-2H3,(H,12,13). The van der Waals surface area contributed by atoms with Gasteiger partial charge < -0.3 is 10.8 Å². The van der Waals surface area contributed by atoms with Crippen molar-refractivity contribution in [3.8, 4) is 0 Å². The van der Waals surface area contributed by atoms with Crippen LogP contribution in [0.2, 0.25) is 0 Å². The number of aliphatic carboxylic acids is 1. The van der Waals surface area contributed by atoms with Gasteiger partial charge in [-0.05, 0) is 37.0 Å². The molecule has 13 heavy (non-hydrogen) atoms. The Bertz CT molecular complexity index is 191. The fourth-order valence-electron chi connectivity index (χ4n) is 1.98. The highest BCUT2D eigenvalue weighted by Gasteiger charge is 2.32. The number of rotatable bonds is 2. The Hall–Kier alpha value is -0.570. The van der Waals surface area contributed by atoms with Gasteiger partial charge in [-0.25, -0.2) is 0 Å². The SMILES string of the molecule is CC1(C)CCC(C(N)C(=O)O)CC1. The van der Waals surface area contributed by atoms with Gasteiger partial charge in [0.15, 0.2) is 0 Å². The average molecular weight is 185 g/mol. The summed E-state index contributed by atoms with van der Waals surface area (Å²) in [7, 11) is 0. The molecule has 3 heteroatoms. The molecule has 3 nitrogen and oxygen atoms in total. The fourth-order valence-corrected chi connectivity index (χ4v) is 1.98. The van der Waals surface area contributed by atoms with E-state index in [9.17, 15) is 4.79 Å². The van der Waals surface area contributed by atoms with E-state index in [0.29, 0.717) is 5.41 Å². The summed E-state index contributed by atoms with van der Waals surface area (Å²) in [5.41, 5.74) is 5.96. The normalized spacial score (nSPS) is 25.5. The Morgan fingerprint density at radius 1 is 1.46 bits per heavy atom. The lowest BCUT2D eigenvalue weighted by molar-refractivity contribution is -0.140. The molecule has 1 rings (SSSR count). The zero-order valence-corrected chi connectivity index (χ0v) is 8.42. The van der Waals surface area contributed by atoms with E-state index in [4.69, 9.17) is 10.8 Å². The summed E-state index contributed by atoms with van der Waals surface area (Å²) < 4.78 is 0. The van der Waals surface area contributed by atoms with Crippen molar-refractivity contribution in [3.63, 3.8) is 0 Å². The molecular weight excluding hydrogens is 166 g/mol. The molecule has 0 aromatic rings. The lowest BCUT2D eigenvalue weighted by Gasteiger charge is -2.35. The van der Waals surface area contributed by atoms with Crippen molar-refractivity contribution in [2.24, 2.45) is 17.1 Å². The molecule has 1 unspecified atom stereocenters. The summed E-state index contributed by atoms with van der Waals surface area (Å²) >= 11 is 0. The summed E-state index contributed by atoms with van der Waals surface area (Å²) in [6.45, 7) is 4.46. The molecule has 0 aliphatic heterocycles. The van der Waals surface area contributed by atoms with Crippen LogP contribution in [0.25, 0.3) is 0 Å². The third-order valence-corrected chi connectivity index (χ3v) is 3.18. The summed E-state index contributed by atoms with van der Waals surface area (Å²) in [5, 5.41) is 8.74. The number of carbonyl (C=O) groups is 1. The largest absolute Gasteiger partial charge is 0.480 e. The minimum Gasteiger partial charge on any atom is -0.480 e. The Labute approximate surface area is 79.3 Å². The van der Waals surface area contributed by atoms with Gasteiger partial charge in [0, 0.05) is 0 Å². The predicted octanol–water partition coefficient (Wildman–Crippen LogP) is 1.61. The van der Waals surface area contributed by atoms with Gasteiger partial charge in [-0.15, -0.1) is 0 Å². The van der Waals surface area contributed by atoms with Crippen LogP contribution >= 0.6 is 0 Å². The van der Waals surface area contributed by atoms with E-state index in [2.05, 4.69) is 13.8 Å². The van der Waals surface area contributed by atoms with Crippen LogP contribution in [0, 0.1) is 11.3 Å². The zero-order chi connectivity index (χ0) is 10.1. The first-order valence-corrected chi connectivity index (χ1v) is 4.91. The third-order valence-electron chi connectivity index (χ3n) is 3.18. The quantitative estimate of drug-likeness (QED) is 0.687. The minimum absolute atomic E-state index is 0.186. The summed E-state index contributed by atoms with van der Waals surface area (Å²) in [6.07, 6.45) is 4.11. The van der Waals surface area contributed by atoms with Crippen LogP contribution in [0.15, 0.2) is 0 Å². The lowest BCUT2D eigenvalue weighted by Crippen LogP contribution is -2.40. The third kappa shape index (κ3) is 2.69. The minimum atomic E-state index is -0.857. The van der Waals surface area contributed by atoms with Gasteiger partial charge in [0.1, 0.15) is 6.04 Å². The second-order valence-electron chi connectivity index (χ2n) is 4.87. The highest BCUT2D eigenvalue weighted by atomic mass is 16.4. The van der Waals surface area contributed by atoms with Gasteiger partial charge in [-0.3, -0.25) is 4.79 Å². The Kier molecular flexibility index (Phi) is 2.96. The van der Waals surface area contributed by atoms with E-state index in [0.717, 1.165) is 25.7 Å². The van der Waals surface area contributed by atoms with Crippen molar-refractivity contribution >= 4 is 5.97 Å². The Morgan fingerprint density at radius 3 is 2.31 bits per heavy atom. The van der Waals surface area contributed by atoms with Crippen molar-refractivity contribution in [1.82, 2.24) is 0 Å². The number of hydrogen-bond acceptors (Lipinski definition) is 2. The molecule has 0 radical (unpaired) electrons. The topological polar surface area (TPSA) is 63.3 Å². The number of carboxylic acid groups (broad SMARTS) is 1. The average Bonchev–Trinajstić information content (AvgIpc) is 2.03. The molecule has 1 aliphatic carbocycles. The van der Waals surface area contributed by atoms with Crippen LogP contribution in [-0.2, 0) is 4.79 Å². The molecule has 0 heterocycles. The molecular formula is C10H19NO2. The van der Waals surface area contributed by atoms with Crippen LogP contribution in [0.5, 0.6) is 0 Å². The van der Waals surface area contributed by atoms with E-state index in [-0.39, 0.29) is 5.92 Å². The van der Waals surface area contributed by atoms with Crippen LogP contribution in [0.3, 0.4) is 0 Å². The molecule has 1 fully saturated rings. The summed E-state index contributed by atoms with van der Waals surface area (Å²) in [4.78, 5) is 10.6. The maximum Gasteiger partial charge on any atom is 0.320 e. The van der Waals surface area contributed by atoms with Gasteiger partial charge in [-0.2, -0.15) is 0 Å². The van der Waals surface area contributed by atoms with Crippen molar-refractivity contribution in [1.29, 1.82) is 0 Å². The number of hydrogen-bond donors (Lipinski definition) is 2. The highest BCUT2D eigenvalue weighted by molar-refractivity contribution is 5.73. The zero-order valence-electron chi connectivity index (χ0n) is 8.42. The van der Waals surface area contributed by atoms with Gasteiger partial charge >= 0.3 is 5.97 Å². The molecule has 3 N–H and O–H groups in total. The second kappa shape index (κ2) is 3.66. The van der Waals surface area contributed by atoms with Gasteiger partial charge in [0.2, 0.25) is 0 Å². The lowest BCUT2D eigenvalue weighted by atomic mass is 9.71. The highest BCUT2D eigenvalue weighted by Crippen LogP contribution is 2.38. The smallest absolute Gasteiger partial charge is 0.320 e.